The SMILES string of the molecule is O[C@H]1CCC2(C[C@@H]1N1CCCC1)OCCO2. The summed E-state index contributed by atoms with van der Waals surface area (Å²) in [6.45, 7) is 3.67. The van der Waals surface area contributed by atoms with E-state index in [0.717, 1.165) is 32.4 Å². The highest BCUT2D eigenvalue weighted by Gasteiger charge is 2.46. The monoisotopic (exact) mass is 227 g/mol. The molecular weight excluding hydrogens is 206 g/mol. The number of rotatable bonds is 1. The fourth-order valence-electron chi connectivity index (χ4n) is 3.32. The summed E-state index contributed by atoms with van der Waals surface area (Å²) in [5.74, 6) is -0.369. The highest BCUT2D eigenvalue weighted by molar-refractivity contribution is 4.94. The zero-order valence-electron chi connectivity index (χ0n) is 9.73. The van der Waals surface area contributed by atoms with Crippen LogP contribution >= 0.6 is 0 Å². The molecule has 1 N–H and O–H groups in total. The molecule has 92 valence electrons. The molecule has 4 nitrogen and oxygen atoms in total. The highest BCUT2D eigenvalue weighted by Crippen LogP contribution is 2.38. The summed E-state index contributed by atoms with van der Waals surface area (Å²) in [5.41, 5.74) is 0. The molecule has 0 aromatic heterocycles. The van der Waals surface area contributed by atoms with E-state index in [2.05, 4.69) is 4.90 Å². The fraction of sp³-hybridized carbons (Fsp3) is 1.00. The second-order valence-corrected chi connectivity index (χ2v) is 5.23. The van der Waals surface area contributed by atoms with Crippen molar-refractivity contribution >= 4 is 0 Å². The molecule has 3 rings (SSSR count). The van der Waals surface area contributed by atoms with E-state index in [4.69, 9.17) is 9.47 Å². The zero-order valence-corrected chi connectivity index (χ0v) is 9.73. The van der Waals surface area contributed by atoms with Crippen molar-refractivity contribution in [2.24, 2.45) is 0 Å². The van der Waals surface area contributed by atoms with Gasteiger partial charge in [0, 0.05) is 18.9 Å². The second kappa shape index (κ2) is 4.26. The fourth-order valence-corrected chi connectivity index (χ4v) is 3.32. The standard InChI is InChI=1S/C12H21NO3/c14-11-3-4-12(15-7-8-16-12)9-10(11)13-5-1-2-6-13/h10-11,14H,1-9H2/t10-,11-/m0/s1. The van der Waals surface area contributed by atoms with Gasteiger partial charge in [0.2, 0.25) is 0 Å². The van der Waals surface area contributed by atoms with Crippen molar-refractivity contribution in [1.29, 1.82) is 0 Å². The molecule has 0 unspecified atom stereocenters. The minimum Gasteiger partial charge on any atom is -0.391 e. The Morgan fingerprint density at radius 3 is 2.50 bits per heavy atom. The summed E-state index contributed by atoms with van der Waals surface area (Å²) >= 11 is 0. The first-order chi connectivity index (χ1) is 7.79. The van der Waals surface area contributed by atoms with Crippen molar-refractivity contribution in [3.63, 3.8) is 0 Å². The third kappa shape index (κ3) is 1.88. The Morgan fingerprint density at radius 1 is 1.12 bits per heavy atom. The van der Waals surface area contributed by atoms with Gasteiger partial charge in [-0.25, -0.2) is 0 Å². The Balaban J connectivity index is 1.70. The predicted molar refractivity (Wildman–Crippen MR) is 59.1 cm³/mol. The molecule has 1 saturated carbocycles. The van der Waals surface area contributed by atoms with Crippen molar-refractivity contribution in [3.05, 3.63) is 0 Å². The maximum atomic E-state index is 10.1. The third-order valence-corrected chi connectivity index (χ3v) is 4.21. The molecule has 0 aromatic rings. The lowest BCUT2D eigenvalue weighted by molar-refractivity contribution is -0.204. The molecule has 2 saturated heterocycles. The minimum absolute atomic E-state index is 0.198. The summed E-state index contributed by atoms with van der Waals surface area (Å²) in [5, 5.41) is 10.1. The van der Waals surface area contributed by atoms with Crippen LogP contribution in [0.1, 0.15) is 32.1 Å². The Bertz CT molecular complexity index is 247. The Labute approximate surface area is 96.5 Å². The number of hydrogen-bond donors (Lipinski definition) is 1. The maximum absolute atomic E-state index is 10.1. The van der Waals surface area contributed by atoms with Gasteiger partial charge in [-0.2, -0.15) is 0 Å². The summed E-state index contributed by atoms with van der Waals surface area (Å²) < 4.78 is 11.5. The van der Waals surface area contributed by atoms with Gasteiger partial charge in [-0.15, -0.1) is 0 Å². The van der Waals surface area contributed by atoms with E-state index in [9.17, 15) is 5.11 Å². The van der Waals surface area contributed by atoms with E-state index in [1.165, 1.54) is 12.8 Å². The van der Waals surface area contributed by atoms with Gasteiger partial charge in [0.25, 0.3) is 0 Å². The second-order valence-electron chi connectivity index (χ2n) is 5.23. The summed E-state index contributed by atoms with van der Waals surface area (Å²) in [4.78, 5) is 2.41. The average molecular weight is 227 g/mol. The number of likely N-dealkylation sites (tertiary alicyclic amines) is 1. The molecule has 0 radical (unpaired) electrons. The number of nitrogens with zero attached hydrogens (tertiary/aromatic N) is 1. The van der Waals surface area contributed by atoms with Gasteiger partial charge < -0.3 is 14.6 Å². The lowest BCUT2D eigenvalue weighted by atomic mass is 9.86. The first-order valence-electron chi connectivity index (χ1n) is 6.49. The molecule has 16 heavy (non-hydrogen) atoms. The van der Waals surface area contributed by atoms with Gasteiger partial charge in [0.15, 0.2) is 5.79 Å². The Hall–Kier alpha value is -0.160. The predicted octanol–water partition coefficient (Wildman–Crippen LogP) is 0.739. The molecule has 3 fully saturated rings. The highest BCUT2D eigenvalue weighted by atomic mass is 16.7. The molecular formula is C12H21NO3. The van der Waals surface area contributed by atoms with Gasteiger partial charge >= 0.3 is 0 Å². The van der Waals surface area contributed by atoms with Crippen LogP contribution in [0.2, 0.25) is 0 Å². The van der Waals surface area contributed by atoms with Crippen molar-refractivity contribution < 1.29 is 14.6 Å². The number of hydrogen-bond acceptors (Lipinski definition) is 4. The van der Waals surface area contributed by atoms with Crippen molar-refractivity contribution in [2.75, 3.05) is 26.3 Å². The van der Waals surface area contributed by atoms with E-state index in [1.54, 1.807) is 0 Å². The number of aliphatic hydroxyl groups excluding tert-OH is 1. The van der Waals surface area contributed by atoms with Crippen LogP contribution in [-0.4, -0.2) is 54.2 Å². The van der Waals surface area contributed by atoms with Gasteiger partial charge in [-0.1, -0.05) is 0 Å². The van der Waals surface area contributed by atoms with Crippen LogP contribution in [0, 0.1) is 0 Å². The van der Waals surface area contributed by atoms with Crippen molar-refractivity contribution in [2.45, 2.75) is 50.0 Å². The van der Waals surface area contributed by atoms with E-state index >= 15 is 0 Å². The first-order valence-corrected chi connectivity index (χ1v) is 6.49. The summed E-state index contributed by atoms with van der Waals surface area (Å²) in [6.07, 6.45) is 4.82. The number of ether oxygens (including phenoxy) is 2. The maximum Gasteiger partial charge on any atom is 0.170 e. The molecule has 0 aromatic carbocycles. The van der Waals surface area contributed by atoms with Crippen LogP contribution in [0.3, 0.4) is 0 Å². The van der Waals surface area contributed by atoms with E-state index < -0.39 is 0 Å². The molecule has 1 spiro atoms. The molecule has 2 heterocycles. The van der Waals surface area contributed by atoms with E-state index in [0.29, 0.717) is 13.2 Å². The summed E-state index contributed by atoms with van der Waals surface area (Å²) in [6, 6.07) is 0.245. The normalized spacial score (nSPS) is 39.6. The zero-order chi connectivity index (χ0) is 11.0. The lowest BCUT2D eigenvalue weighted by Gasteiger charge is -2.42. The van der Waals surface area contributed by atoms with Crippen LogP contribution in [0.15, 0.2) is 0 Å². The molecule has 3 aliphatic rings. The van der Waals surface area contributed by atoms with Gasteiger partial charge in [0.1, 0.15) is 0 Å². The third-order valence-electron chi connectivity index (χ3n) is 4.21. The summed E-state index contributed by atoms with van der Waals surface area (Å²) in [7, 11) is 0. The van der Waals surface area contributed by atoms with Gasteiger partial charge in [0.05, 0.1) is 19.3 Å². The molecule has 4 heteroatoms. The van der Waals surface area contributed by atoms with E-state index in [1.807, 2.05) is 0 Å². The first kappa shape index (κ1) is 11.0. The Kier molecular flexibility index (Phi) is 2.92. The van der Waals surface area contributed by atoms with Gasteiger partial charge in [-0.05, 0) is 32.4 Å². The Morgan fingerprint density at radius 2 is 1.81 bits per heavy atom. The topological polar surface area (TPSA) is 41.9 Å². The molecule has 0 amide bonds. The van der Waals surface area contributed by atoms with E-state index in [-0.39, 0.29) is 17.9 Å². The largest absolute Gasteiger partial charge is 0.391 e. The molecule has 0 bridgehead atoms. The quantitative estimate of drug-likeness (QED) is 0.717. The van der Waals surface area contributed by atoms with Crippen molar-refractivity contribution in [1.82, 2.24) is 4.90 Å². The van der Waals surface area contributed by atoms with Crippen LogP contribution in [0.4, 0.5) is 0 Å². The van der Waals surface area contributed by atoms with Crippen LogP contribution in [0.5, 0.6) is 0 Å². The molecule has 2 aliphatic heterocycles. The average Bonchev–Trinajstić information content (AvgIpc) is 2.94. The van der Waals surface area contributed by atoms with Crippen LogP contribution in [-0.2, 0) is 9.47 Å². The molecule has 1 aliphatic carbocycles. The van der Waals surface area contributed by atoms with Gasteiger partial charge in [-0.3, -0.25) is 4.90 Å². The van der Waals surface area contributed by atoms with Crippen LogP contribution in [0.25, 0.3) is 0 Å². The smallest absolute Gasteiger partial charge is 0.170 e. The lowest BCUT2D eigenvalue weighted by Crippen LogP contribution is -2.52. The number of aliphatic hydroxyl groups is 1. The minimum atomic E-state index is -0.369. The van der Waals surface area contributed by atoms with Crippen molar-refractivity contribution in [3.8, 4) is 0 Å². The molecule has 2 atom stereocenters. The van der Waals surface area contributed by atoms with Crippen LogP contribution < -0.4 is 0 Å².